The van der Waals surface area contributed by atoms with Gasteiger partial charge in [0.25, 0.3) is 0 Å². The number of hydrogen-bond donors (Lipinski definition) is 0. The number of thiophene rings is 1. The van der Waals surface area contributed by atoms with Crippen LogP contribution in [0.1, 0.15) is 12.1 Å². The summed E-state index contributed by atoms with van der Waals surface area (Å²) >= 11 is 3.18. The molecule has 3 rings (SSSR count). The maximum Gasteiger partial charge on any atom is 0.411 e. The third-order valence-electron chi connectivity index (χ3n) is 4.37. The lowest BCUT2D eigenvalue weighted by molar-refractivity contribution is -0.174. The van der Waals surface area contributed by atoms with Crippen LogP contribution in [0.25, 0.3) is 9.88 Å². The molecule has 1 fully saturated rings. The SMILES string of the molecule is O=C(Cc1csc(-c2cccs2)n1)N1CCN(CCCOCC(F)(F)F)CC1. The van der Waals surface area contributed by atoms with Gasteiger partial charge in [0, 0.05) is 44.7 Å². The van der Waals surface area contributed by atoms with E-state index in [1.54, 1.807) is 22.7 Å². The van der Waals surface area contributed by atoms with Gasteiger partial charge < -0.3 is 9.64 Å². The van der Waals surface area contributed by atoms with Crippen molar-refractivity contribution in [3.05, 3.63) is 28.6 Å². The average molecular weight is 434 g/mol. The van der Waals surface area contributed by atoms with E-state index in [-0.39, 0.29) is 12.5 Å². The van der Waals surface area contributed by atoms with Crippen LogP contribution in [-0.4, -0.2) is 72.8 Å². The number of hydrogen-bond acceptors (Lipinski definition) is 6. The molecule has 1 aliphatic rings. The normalized spacial score (nSPS) is 15.9. The van der Waals surface area contributed by atoms with E-state index >= 15 is 0 Å². The Kier molecular flexibility index (Phi) is 7.44. The first-order valence-corrected chi connectivity index (χ1v) is 10.8. The molecular formula is C18H22F3N3O2S2. The van der Waals surface area contributed by atoms with E-state index in [4.69, 9.17) is 0 Å². The number of amides is 1. The van der Waals surface area contributed by atoms with Crippen LogP contribution < -0.4 is 0 Å². The highest BCUT2D eigenvalue weighted by atomic mass is 32.1. The fraction of sp³-hybridized carbons (Fsp3) is 0.556. The van der Waals surface area contributed by atoms with E-state index in [1.807, 2.05) is 27.8 Å². The van der Waals surface area contributed by atoms with Crippen molar-refractivity contribution in [2.24, 2.45) is 0 Å². The quantitative estimate of drug-likeness (QED) is 0.598. The molecule has 5 nitrogen and oxygen atoms in total. The number of carbonyl (C=O) groups excluding carboxylic acids is 1. The minimum absolute atomic E-state index is 0.0659. The van der Waals surface area contributed by atoms with Crippen molar-refractivity contribution in [1.29, 1.82) is 0 Å². The minimum Gasteiger partial charge on any atom is -0.372 e. The van der Waals surface area contributed by atoms with E-state index in [2.05, 4.69) is 14.6 Å². The summed E-state index contributed by atoms with van der Waals surface area (Å²) < 4.78 is 40.6. The van der Waals surface area contributed by atoms with Crippen molar-refractivity contribution < 1.29 is 22.7 Å². The Labute approximate surface area is 169 Å². The third kappa shape index (κ3) is 6.54. The number of thiazole rings is 1. The number of alkyl halides is 3. The number of piperazine rings is 1. The zero-order valence-electron chi connectivity index (χ0n) is 15.3. The number of rotatable bonds is 8. The largest absolute Gasteiger partial charge is 0.411 e. The van der Waals surface area contributed by atoms with Crippen LogP contribution in [0.4, 0.5) is 13.2 Å². The second-order valence-electron chi connectivity index (χ2n) is 6.54. The van der Waals surface area contributed by atoms with Gasteiger partial charge in [0.2, 0.25) is 5.91 Å². The summed E-state index contributed by atoms with van der Waals surface area (Å²) in [5.41, 5.74) is 0.794. The van der Waals surface area contributed by atoms with E-state index < -0.39 is 12.8 Å². The summed E-state index contributed by atoms with van der Waals surface area (Å²) in [6.45, 7) is 2.28. The predicted octanol–water partition coefficient (Wildman–Crippen LogP) is 3.53. The van der Waals surface area contributed by atoms with Crippen molar-refractivity contribution >= 4 is 28.6 Å². The van der Waals surface area contributed by atoms with Crippen LogP contribution in [0.2, 0.25) is 0 Å². The van der Waals surface area contributed by atoms with Crippen molar-refractivity contribution in [3.8, 4) is 9.88 Å². The van der Waals surface area contributed by atoms with Gasteiger partial charge >= 0.3 is 6.18 Å². The van der Waals surface area contributed by atoms with Crippen LogP contribution in [-0.2, 0) is 16.0 Å². The van der Waals surface area contributed by atoms with Crippen LogP contribution >= 0.6 is 22.7 Å². The summed E-state index contributed by atoms with van der Waals surface area (Å²) in [5.74, 6) is 0.0659. The van der Waals surface area contributed by atoms with Crippen LogP contribution in [0.3, 0.4) is 0 Å². The number of carbonyl (C=O) groups is 1. The molecule has 10 heteroatoms. The Hall–Kier alpha value is -1.49. The van der Waals surface area contributed by atoms with E-state index in [0.717, 1.165) is 28.7 Å². The standard InChI is InChI=1S/C18H22F3N3O2S2/c19-18(20,21)13-26-9-2-4-23-5-7-24(8-6-23)16(25)11-14-12-28-17(22-14)15-3-1-10-27-15/h1,3,10,12H,2,4-9,11,13H2. The molecule has 0 spiro atoms. The molecule has 0 N–H and O–H groups in total. The minimum atomic E-state index is -4.27. The first-order chi connectivity index (χ1) is 13.4. The predicted molar refractivity (Wildman–Crippen MR) is 104 cm³/mol. The second kappa shape index (κ2) is 9.82. The molecule has 0 radical (unpaired) electrons. The monoisotopic (exact) mass is 433 g/mol. The summed E-state index contributed by atoms with van der Waals surface area (Å²) in [6.07, 6.45) is -3.42. The van der Waals surface area contributed by atoms with Gasteiger partial charge in [0.05, 0.1) is 17.0 Å². The lowest BCUT2D eigenvalue weighted by Gasteiger charge is -2.34. The average Bonchev–Trinajstić information content (AvgIpc) is 3.32. The fourth-order valence-electron chi connectivity index (χ4n) is 2.97. The van der Waals surface area contributed by atoms with Gasteiger partial charge in [-0.15, -0.1) is 22.7 Å². The Morgan fingerprint density at radius 3 is 2.68 bits per heavy atom. The summed E-state index contributed by atoms with van der Waals surface area (Å²) in [4.78, 5) is 22.2. The highest BCUT2D eigenvalue weighted by Gasteiger charge is 2.27. The van der Waals surface area contributed by atoms with Crippen molar-refractivity contribution in [2.75, 3.05) is 45.9 Å². The first kappa shape index (κ1) is 21.2. The van der Waals surface area contributed by atoms with Gasteiger partial charge in [-0.25, -0.2) is 4.98 Å². The molecule has 1 aliphatic heterocycles. The van der Waals surface area contributed by atoms with Gasteiger partial charge in [0.15, 0.2) is 0 Å². The molecular weight excluding hydrogens is 411 g/mol. The highest BCUT2D eigenvalue weighted by molar-refractivity contribution is 7.20. The lowest BCUT2D eigenvalue weighted by Crippen LogP contribution is -2.49. The molecule has 3 heterocycles. The summed E-state index contributed by atoms with van der Waals surface area (Å²) in [5, 5.41) is 4.88. The second-order valence-corrected chi connectivity index (χ2v) is 8.35. The number of halogens is 3. The van der Waals surface area contributed by atoms with Crippen molar-refractivity contribution in [1.82, 2.24) is 14.8 Å². The van der Waals surface area contributed by atoms with E-state index in [0.29, 0.717) is 32.5 Å². The van der Waals surface area contributed by atoms with Gasteiger partial charge in [0.1, 0.15) is 11.6 Å². The van der Waals surface area contributed by atoms with Crippen LogP contribution in [0.15, 0.2) is 22.9 Å². The number of aromatic nitrogens is 1. The van der Waals surface area contributed by atoms with Crippen molar-refractivity contribution in [2.45, 2.75) is 19.0 Å². The molecule has 0 saturated carbocycles. The molecule has 0 unspecified atom stereocenters. The smallest absolute Gasteiger partial charge is 0.372 e. The van der Waals surface area contributed by atoms with Gasteiger partial charge in [-0.1, -0.05) is 6.07 Å². The number of nitrogens with zero attached hydrogens (tertiary/aromatic N) is 3. The Bertz CT molecular complexity index is 742. The topological polar surface area (TPSA) is 45.7 Å². The Balaban J connectivity index is 1.35. The molecule has 0 atom stereocenters. The number of ether oxygens (including phenoxy) is 1. The maximum absolute atomic E-state index is 12.5. The zero-order valence-corrected chi connectivity index (χ0v) is 16.9. The highest BCUT2D eigenvalue weighted by Crippen LogP contribution is 2.28. The molecule has 0 bridgehead atoms. The Morgan fingerprint density at radius 2 is 2.00 bits per heavy atom. The molecule has 0 aromatic carbocycles. The molecule has 154 valence electrons. The fourth-order valence-corrected chi connectivity index (χ4v) is 4.60. The van der Waals surface area contributed by atoms with Gasteiger partial charge in [-0.2, -0.15) is 13.2 Å². The molecule has 2 aromatic heterocycles. The van der Waals surface area contributed by atoms with E-state index in [1.165, 1.54) is 0 Å². The van der Waals surface area contributed by atoms with Gasteiger partial charge in [-0.3, -0.25) is 9.69 Å². The third-order valence-corrected chi connectivity index (χ3v) is 6.30. The Morgan fingerprint density at radius 1 is 1.21 bits per heavy atom. The zero-order chi connectivity index (χ0) is 20.0. The molecule has 1 amide bonds. The molecule has 28 heavy (non-hydrogen) atoms. The first-order valence-electron chi connectivity index (χ1n) is 9.03. The molecule has 2 aromatic rings. The lowest BCUT2D eigenvalue weighted by atomic mass is 10.2. The van der Waals surface area contributed by atoms with Gasteiger partial charge in [-0.05, 0) is 17.9 Å². The van der Waals surface area contributed by atoms with Crippen molar-refractivity contribution in [3.63, 3.8) is 0 Å². The van der Waals surface area contributed by atoms with E-state index in [9.17, 15) is 18.0 Å². The summed E-state index contributed by atoms with van der Waals surface area (Å²) in [6, 6.07) is 4.00. The van der Waals surface area contributed by atoms with Crippen LogP contribution in [0.5, 0.6) is 0 Å². The molecule has 0 aliphatic carbocycles. The summed E-state index contributed by atoms with van der Waals surface area (Å²) in [7, 11) is 0. The van der Waals surface area contributed by atoms with Crippen LogP contribution in [0, 0.1) is 0 Å². The maximum atomic E-state index is 12.5. The molecule has 1 saturated heterocycles.